The van der Waals surface area contributed by atoms with Gasteiger partial charge in [0.1, 0.15) is 6.04 Å². The van der Waals surface area contributed by atoms with Crippen LogP contribution in [0, 0.1) is 0 Å². The molecule has 5 nitrogen and oxygen atoms in total. The van der Waals surface area contributed by atoms with Gasteiger partial charge in [-0.15, -0.1) is 0 Å². The summed E-state index contributed by atoms with van der Waals surface area (Å²) in [6, 6.07) is 13.0. The van der Waals surface area contributed by atoms with Crippen molar-refractivity contribution in [2.75, 3.05) is 20.8 Å². The van der Waals surface area contributed by atoms with Crippen molar-refractivity contribution in [3.8, 4) is 11.5 Å². The van der Waals surface area contributed by atoms with E-state index < -0.39 is 12.0 Å². The van der Waals surface area contributed by atoms with Crippen molar-refractivity contribution in [2.24, 2.45) is 0 Å². The first-order valence-electron chi connectivity index (χ1n) is 8.51. The lowest BCUT2D eigenvalue weighted by atomic mass is 9.96. The number of carboxylic acid groups (broad SMARTS) is 1. The van der Waals surface area contributed by atoms with Gasteiger partial charge in [0.25, 0.3) is 0 Å². The summed E-state index contributed by atoms with van der Waals surface area (Å²) in [5, 5.41) is 9.68. The van der Waals surface area contributed by atoms with Crippen molar-refractivity contribution in [1.82, 2.24) is 4.90 Å². The first-order chi connectivity index (χ1) is 12.6. The average molecular weight is 420 g/mol. The lowest BCUT2D eigenvalue weighted by Crippen LogP contribution is -2.39. The second-order valence-electron chi connectivity index (χ2n) is 6.27. The molecule has 0 aliphatic carbocycles. The van der Waals surface area contributed by atoms with Crippen molar-refractivity contribution in [1.29, 1.82) is 0 Å². The van der Waals surface area contributed by atoms with Crippen molar-refractivity contribution in [3.05, 3.63) is 58.1 Å². The molecule has 138 valence electrons. The molecule has 0 bridgehead atoms. The van der Waals surface area contributed by atoms with Crippen molar-refractivity contribution >= 4 is 21.9 Å². The van der Waals surface area contributed by atoms with Gasteiger partial charge in [-0.05, 0) is 42.2 Å². The molecule has 0 amide bonds. The van der Waals surface area contributed by atoms with E-state index >= 15 is 0 Å². The molecule has 26 heavy (non-hydrogen) atoms. The third-order valence-corrected chi connectivity index (χ3v) is 5.56. The van der Waals surface area contributed by atoms with Gasteiger partial charge in [-0.25, -0.2) is 0 Å². The van der Waals surface area contributed by atoms with Crippen LogP contribution in [0.25, 0.3) is 0 Å². The largest absolute Gasteiger partial charge is 0.493 e. The summed E-state index contributed by atoms with van der Waals surface area (Å²) in [6.45, 7) is 0.733. The number of benzene rings is 2. The molecule has 1 saturated heterocycles. The maximum Gasteiger partial charge on any atom is 0.320 e. The number of hydrogen-bond donors (Lipinski definition) is 1. The second-order valence-corrected chi connectivity index (χ2v) is 7.13. The van der Waals surface area contributed by atoms with Crippen LogP contribution >= 0.6 is 15.9 Å². The zero-order valence-corrected chi connectivity index (χ0v) is 16.4. The number of rotatable bonds is 6. The first-order valence-corrected chi connectivity index (χ1v) is 9.31. The molecule has 1 N–H and O–H groups in total. The van der Waals surface area contributed by atoms with Crippen LogP contribution in [0.5, 0.6) is 11.5 Å². The fourth-order valence-electron chi connectivity index (χ4n) is 3.63. The molecule has 1 heterocycles. The Morgan fingerprint density at radius 1 is 1.19 bits per heavy atom. The van der Waals surface area contributed by atoms with Gasteiger partial charge >= 0.3 is 5.97 Å². The summed E-state index contributed by atoms with van der Waals surface area (Å²) in [5.74, 6) is 0.506. The van der Waals surface area contributed by atoms with E-state index in [1.165, 1.54) is 0 Å². The standard InChI is InChI=1S/C20H22BrNO4/c1-25-17-10-9-13(12-18(17)26-2)19(14-6-3-4-7-15(14)21)22-11-5-8-16(22)20(23)24/h3-4,6-7,9-10,12,16,19H,5,8,11H2,1-2H3,(H,23,24). The monoisotopic (exact) mass is 419 g/mol. The smallest absolute Gasteiger partial charge is 0.320 e. The molecule has 2 aromatic rings. The number of nitrogens with zero attached hydrogens (tertiary/aromatic N) is 1. The van der Waals surface area contributed by atoms with E-state index in [0.29, 0.717) is 17.9 Å². The Bertz CT molecular complexity index is 795. The molecule has 0 spiro atoms. The molecule has 3 rings (SSSR count). The van der Waals surface area contributed by atoms with Gasteiger partial charge in [-0.2, -0.15) is 0 Å². The van der Waals surface area contributed by atoms with Gasteiger partial charge in [-0.1, -0.05) is 40.2 Å². The average Bonchev–Trinajstić information content (AvgIpc) is 3.13. The molecule has 2 unspecified atom stereocenters. The number of methoxy groups -OCH3 is 2. The lowest BCUT2D eigenvalue weighted by molar-refractivity contribution is -0.142. The lowest BCUT2D eigenvalue weighted by Gasteiger charge is -2.33. The number of ether oxygens (including phenoxy) is 2. The normalized spacial score (nSPS) is 18.5. The van der Waals surface area contributed by atoms with E-state index in [1.807, 2.05) is 42.5 Å². The van der Waals surface area contributed by atoms with Gasteiger partial charge in [0.2, 0.25) is 0 Å². The summed E-state index contributed by atoms with van der Waals surface area (Å²) < 4.78 is 11.8. The number of carbonyl (C=O) groups is 1. The molecule has 1 aliphatic rings. The Morgan fingerprint density at radius 2 is 1.92 bits per heavy atom. The van der Waals surface area contributed by atoms with Crippen LogP contribution in [-0.4, -0.2) is 42.8 Å². The van der Waals surface area contributed by atoms with Crippen LogP contribution < -0.4 is 9.47 Å². The number of hydrogen-bond acceptors (Lipinski definition) is 4. The fourth-order valence-corrected chi connectivity index (χ4v) is 4.13. The Hall–Kier alpha value is -2.05. The van der Waals surface area contributed by atoms with Crippen LogP contribution in [0.2, 0.25) is 0 Å². The van der Waals surface area contributed by atoms with Crippen molar-refractivity contribution in [3.63, 3.8) is 0 Å². The van der Waals surface area contributed by atoms with E-state index in [2.05, 4.69) is 20.8 Å². The van der Waals surface area contributed by atoms with E-state index in [4.69, 9.17) is 9.47 Å². The van der Waals surface area contributed by atoms with Crippen LogP contribution in [0.15, 0.2) is 46.9 Å². The van der Waals surface area contributed by atoms with Gasteiger partial charge in [0.15, 0.2) is 11.5 Å². The highest BCUT2D eigenvalue weighted by Gasteiger charge is 2.37. The van der Waals surface area contributed by atoms with Gasteiger partial charge in [0.05, 0.1) is 20.3 Å². The summed E-state index contributed by atoms with van der Waals surface area (Å²) in [6.07, 6.45) is 1.52. The first kappa shape index (κ1) is 18.7. The maximum absolute atomic E-state index is 11.8. The van der Waals surface area contributed by atoms with Crippen LogP contribution in [0.1, 0.15) is 30.0 Å². The molecule has 2 atom stereocenters. The third kappa shape index (κ3) is 3.57. The SMILES string of the molecule is COc1ccc(C(c2ccccc2Br)N2CCCC2C(=O)O)cc1OC. The Labute approximate surface area is 161 Å². The summed E-state index contributed by atoms with van der Waals surface area (Å²) in [7, 11) is 3.20. The van der Waals surface area contributed by atoms with Crippen LogP contribution in [0.3, 0.4) is 0 Å². The second kappa shape index (κ2) is 8.10. The molecule has 1 fully saturated rings. The number of aliphatic carboxylic acids is 1. The van der Waals surface area contributed by atoms with Crippen LogP contribution in [0.4, 0.5) is 0 Å². The molecule has 0 saturated carbocycles. The number of likely N-dealkylation sites (tertiary alicyclic amines) is 1. The van der Waals surface area contributed by atoms with E-state index in [-0.39, 0.29) is 6.04 Å². The zero-order chi connectivity index (χ0) is 18.7. The van der Waals surface area contributed by atoms with E-state index in [0.717, 1.165) is 28.6 Å². The highest BCUT2D eigenvalue weighted by Crippen LogP contribution is 2.40. The molecular formula is C20H22BrNO4. The highest BCUT2D eigenvalue weighted by atomic mass is 79.9. The van der Waals surface area contributed by atoms with Crippen molar-refractivity contribution in [2.45, 2.75) is 24.9 Å². The Balaban J connectivity index is 2.12. The molecule has 1 aliphatic heterocycles. The summed E-state index contributed by atoms with van der Waals surface area (Å²) in [5.41, 5.74) is 2.01. The topological polar surface area (TPSA) is 59.0 Å². The molecule has 0 radical (unpaired) electrons. The third-order valence-electron chi connectivity index (χ3n) is 4.83. The highest BCUT2D eigenvalue weighted by molar-refractivity contribution is 9.10. The quantitative estimate of drug-likeness (QED) is 0.763. The Kier molecular flexibility index (Phi) is 5.84. The van der Waals surface area contributed by atoms with Gasteiger partial charge in [-0.3, -0.25) is 9.69 Å². The minimum Gasteiger partial charge on any atom is -0.493 e. The number of halogens is 1. The fraction of sp³-hybridized carbons (Fsp3) is 0.350. The minimum absolute atomic E-state index is 0.186. The maximum atomic E-state index is 11.8. The van der Waals surface area contributed by atoms with Gasteiger partial charge in [0, 0.05) is 11.0 Å². The van der Waals surface area contributed by atoms with Crippen molar-refractivity contribution < 1.29 is 19.4 Å². The zero-order valence-electron chi connectivity index (χ0n) is 14.8. The Morgan fingerprint density at radius 3 is 2.58 bits per heavy atom. The van der Waals surface area contributed by atoms with E-state index in [1.54, 1.807) is 14.2 Å². The van der Waals surface area contributed by atoms with E-state index in [9.17, 15) is 9.90 Å². The number of carboxylic acids is 1. The molecule has 0 aromatic heterocycles. The summed E-state index contributed by atoms with van der Waals surface area (Å²) in [4.78, 5) is 13.8. The van der Waals surface area contributed by atoms with Crippen LogP contribution in [-0.2, 0) is 4.79 Å². The molecule has 2 aromatic carbocycles. The predicted molar refractivity (Wildman–Crippen MR) is 103 cm³/mol. The summed E-state index contributed by atoms with van der Waals surface area (Å²) >= 11 is 3.63. The molecule has 6 heteroatoms. The van der Waals surface area contributed by atoms with Gasteiger partial charge < -0.3 is 14.6 Å². The predicted octanol–water partition coefficient (Wildman–Crippen LogP) is 4.10. The minimum atomic E-state index is -0.778. The molecular weight excluding hydrogens is 398 g/mol.